The van der Waals surface area contributed by atoms with Crippen molar-refractivity contribution < 1.29 is 9.53 Å². The van der Waals surface area contributed by atoms with E-state index >= 15 is 0 Å². The van der Waals surface area contributed by atoms with Crippen LogP contribution in [0.4, 0.5) is 4.79 Å². The van der Waals surface area contributed by atoms with E-state index in [9.17, 15) is 4.79 Å². The maximum Gasteiger partial charge on any atom is 0.410 e. The predicted molar refractivity (Wildman–Crippen MR) is 95.3 cm³/mol. The number of ether oxygens (including phenoxy) is 1. The molecule has 1 atom stereocenters. The third-order valence-corrected chi connectivity index (χ3v) is 4.62. The number of halogens is 1. The van der Waals surface area contributed by atoms with Gasteiger partial charge in [-0.05, 0) is 32.4 Å². The van der Waals surface area contributed by atoms with Crippen LogP contribution in [0.25, 0.3) is 0 Å². The van der Waals surface area contributed by atoms with Gasteiger partial charge in [-0.3, -0.25) is 4.90 Å². The largest absolute Gasteiger partial charge is 0.444 e. The second-order valence-electron chi connectivity index (χ2n) is 6.78. The maximum absolute atomic E-state index is 12.1. The predicted octanol–water partition coefficient (Wildman–Crippen LogP) is 3.00. The first-order valence-electron chi connectivity index (χ1n) is 7.98. The third-order valence-electron chi connectivity index (χ3n) is 3.89. The number of hydrogen-bond acceptors (Lipinski definition) is 4. The van der Waals surface area contributed by atoms with Gasteiger partial charge in [0.1, 0.15) is 5.60 Å². The minimum absolute atomic E-state index is 0.159. The van der Waals surface area contributed by atoms with E-state index in [4.69, 9.17) is 10.5 Å². The molecule has 0 aromatic heterocycles. The Labute approximate surface area is 146 Å². The molecule has 23 heavy (non-hydrogen) atoms. The Hall–Kier alpha value is -1.11. The zero-order chi connectivity index (χ0) is 17.0. The summed E-state index contributed by atoms with van der Waals surface area (Å²) in [6.07, 6.45) is -0.234. The zero-order valence-corrected chi connectivity index (χ0v) is 15.7. The molecule has 0 saturated carbocycles. The first-order valence-corrected chi connectivity index (χ1v) is 8.77. The minimum atomic E-state index is -0.455. The summed E-state index contributed by atoms with van der Waals surface area (Å²) in [5.41, 5.74) is 6.75. The molecule has 6 heteroatoms. The summed E-state index contributed by atoms with van der Waals surface area (Å²) in [5, 5.41) is 0. The number of piperazine rings is 1. The van der Waals surface area contributed by atoms with E-state index in [1.165, 1.54) is 5.56 Å². The number of carbonyl (C=O) groups excluding carboxylic acids is 1. The Morgan fingerprint density at radius 2 is 1.87 bits per heavy atom. The molecule has 1 aliphatic heterocycles. The van der Waals surface area contributed by atoms with Crippen LogP contribution < -0.4 is 5.73 Å². The number of nitrogens with two attached hydrogens (primary N) is 1. The molecule has 1 fully saturated rings. The monoisotopic (exact) mass is 383 g/mol. The molecule has 1 saturated heterocycles. The lowest BCUT2D eigenvalue weighted by molar-refractivity contribution is 0.0106. The standard InChI is InChI=1S/C17H26BrN3O2/c1-17(2,3)23-16(22)21-10-8-20(9-11-21)15(12-19)13-6-4-5-7-14(13)18/h4-7,15H,8-12,19H2,1-3H3. The molecule has 5 nitrogen and oxygen atoms in total. The quantitative estimate of drug-likeness (QED) is 0.871. The highest BCUT2D eigenvalue weighted by molar-refractivity contribution is 9.10. The van der Waals surface area contributed by atoms with Crippen LogP contribution in [0.15, 0.2) is 28.7 Å². The minimum Gasteiger partial charge on any atom is -0.444 e. The van der Waals surface area contributed by atoms with Crippen LogP contribution in [0.3, 0.4) is 0 Å². The number of hydrogen-bond donors (Lipinski definition) is 1. The molecule has 0 radical (unpaired) electrons. The average Bonchev–Trinajstić information content (AvgIpc) is 2.49. The van der Waals surface area contributed by atoms with Gasteiger partial charge in [-0.25, -0.2) is 4.79 Å². The first kappa shape index (κ1) is 18.2. The van der Waals surface area contributed by atoms with E-state index in [1.54, 1.807) is 4.90 Å². The van der Waals surface area contributed by atoms with Crippen molar-refractivity contribution in [1.29, 1.82) is 0 Å². The van der Waals surface area contributed by atoms with Crippen molar-refractivity contribution in [3.63, 3.8) is 0 Å². The number of nitrogens with zero attached hydrogens (tertiary/aromatic N) is 2. The maximum atomic E-state index is 12.1. The lowest BCUT2D eigenvalue weighted by Gasteiger charge is -2.39. The van der Waals surface area contributed by atoms with Crippen LogP contribution >= 0.6 is 15.9 Å². The Kier molecular flexibility index (Phi) is 6.06. The number of amides is 1. The summed E-state index contributed by atoms with van der Waals surface area (Å²) in [6.45, 7) is 9.13. The molecule has 1 heterocycles. The van der Waals surface area contributed by atoms with E-state index in [0.29, 0.717) is 19.6 Å². The zero-order valence-electron chi connectivity index (χ0n) is 14.1. The molecule has 1 amide bonds. The van der Waals surface area contributed by atoms with E-state index in [1.807, 2.05) is 39.0 Å². The Morgan fingerprint density at radius 1 is 1.26 bits per heavy atom. The Morgan fingerprint density at radius 3 is 2.39 bits per heavy atom. The van der Waals surface area contributed by atoms with Crippen molar-refractivity contribution in [2.45, 2.75) is 32.4 Å². The lowest BCUT2D eigenvalue weighted by Crippen LogP contribution is -2.51. The van der Waals surface area contributed by atoms with Gasteiger partial charge in [0.25, 0.3) is 0 Å². The van der Waals surface area contributed by atoms with Crippen LogP contribution in [-0.4, -0.2) is 54.2 Å². The van der Waals surface area contributed by atoms with Gasteiger partial charge >= 0.3 is 6.09 Å². The summed E-state index contributed by atoms with van der Waals surface area (Å²) in [6, 6.07) is 8.32. The van der Waals surface area contributed by atoms with Gasteiger partial charge in [-0.2, -0.15) is 0 Å². The average molecular weight is 384 g/mol. The summed E-state index contributed by atoms with van der Waals surface area (Å²) in [5.74, 6) is 0. The van der Waals surface area contributed by atoms with Crippen molar-refractivity contribution >= 4 is 22.0 Å². The summed E-state index contributed by atoms with van der Waals surface area (Å²) in [4.78, 5) is 16.2. The van der Waals surface area contributed by atoms with E-state index < -0.39 is 5.60 Å². The summed E-state index contributed by atoms with van der Waals surface area (Å²) in [7, 11) is 0. The van der Waals surface area contributed by atoms with Gasteiger partial charge < -0.3 is 15.4 Å². The molecule has 1 aromatic rings. The Bertz CT molecular complexity index is 537. The number of rotatable bonds is 3. The second-order valence-corrected chi connectivity index (χ2v) is 7.63. The summed E-state index contributed by atoms with van der Waals surface area (Å²) >= 11 is 3.61. The molecule has 2 N–H and O–H groups in total. The van der Waals surface area contributed by atoms with Crippen molar-refractivity contribution in [3.8, 4) is 0 Å². The lowest BCUT2D eigenvalue weighted by atomic mass is 10.0. The number of carbonyl (C=O) groups is 1. The normalized spacial score (nSPS) is 17.9. The molecule has 2 rings (SSSR count). The fraction of sp³-hybridized carbons (Fsp3) is 0.588. The molecule has 1 unspecified atom stereocenters. The van der Waals surface area contributed by atoms with Gasteiger partial charge in [-0.1, -0.05) is 34.1 Å². The van der Waals surface area contributed by atoms with Crippen LogP contribution in [0.1, 0.15) is 32.4 Å². The van der Waals surface area contributed by atoms with Gasteiger partial charge in [-0.15, -0.1) is 0 Å². The van der Waals surface area contributed by atoms with Crippen molar-refractivity contribution in [2.75, 3.05) is 32.7 Å². The van der Waals surface area contributed by atoms with Crippen LogP contribution in [-0.2, 0) is 4.74 Å². The SMILES string of the molecule is CC(C)(C)OC(=O)N1CCN(C(CN)c2ccccc2Br)CC1. The molecule has 1 aliphatic rings. The number of benzene rings is 1. The molecule has 1 aromatic carbocycles. The molecule has 0 bridgehead atoms. The van der Waals surface area contributed by atoms with Crippen LogP contribution in [0.5, 0.6) is 0 Å². The van der Waals surface area contributed by atoms with Gasteiger partial charge in [0.15, 0.2) is 0 Å². The highest BCUT2D eigenvalue weighted by Crippen LogP contribution is 2.28. The summed E-state index contributed by atoms with van der Waals surface area (Å²) < 4.78 is 6.51. The van der Waals surface area contributed by atoms with Crippen molar-refractivity contribution in [2.24, 2.45) is 5.73 Å². The van der Waals surface area contributed by atoms with E-state index in [2.05, 4.69) is 26.9 Å². The van der Waals surface area contributed by atoms with Gasteiger partial charge in [0, 0.05) is 43.2 Å². The van der Waals surface area contributed by atoms with Gasteiger partial charge in [0.05, 0.1) is 0 Å². The van der Waals surface area contributed by atoms with Crippen LogP contribution in [0.2, 0.25) is 0 Å². The topological polar surface area (TPSA) is 58.8 Å². The smallest absolute Gasteiger partial charge is 0.410 e. The third kappa shape index (κ3) is 4.93. The second kappa shape index (κ2) is 7.64. The van der Waals surface area contributed by atoms with Crippen molar-refractivity contribution in [1.82, 2.24) is 9.80 Å². The Balaban J connectivity index is 1.98. The fourth-order valence-electron chi connectivity index (χ4n) is 2.76. The highest BCUT2D eigenvalue weighted by Gasteiger charge is 2.29. The molecule has 128 valence electrons. The van der Waals surface area contributed by atoms with Gasteiger partial charge in [0.2, 0.25) is 0 Å². The first-order chi connectivity index (χ1) is 10.8. The van der Waals surface area contributed by atoms with Crippen LogP contribution in [0, 0.1) is 0 Å². The molecule has 0 aliphatic carbocycles. The fourth-order valence-corrected chi connectivity index (χ4v) is 3.31. The van der Waals surface area contributed by atoms with Crippen molar-refractivity contribution in [3.05, 3.63) is 34.3 Å². The molecular weight excluding hydrogens is 358 g/mol. The van der Waals surface area contributed by atoms with E-state index in [0.717, 1.165) is 17.6 Å². The molecule has 0 spiro atoms. The highest BCUT2D eigenvalue weighted by atomic mass is 79.9. The van der Waals surface area contributed by atoms with E-state index in [-0.39, 0.29) is 12.1 Å². The molecular formula is C17H26BrN3O2.